The van der Waals surface area contributed by atoms with Crippen LogP contribution in [0, 0.1) is 0 Å². The highest BCUT2D eigenvalue weighted by Crippen LogP contribution is 2.22. The van der Waals surface area contributed by atoms with Crippen molar-refractivity contribution in [2.24, 2.45) is 0 Å². The van der Waals surface area contributed by atoms with Crippen molar-refractivity contribution >= 4 is 17.3 Å². The largest absolute Gasteiger partial charge is 0.372 e. The van der Waals surface area contributed by atoms with E-state index in [1.807, 2.05) is 19.1 Å². The first-order chi connectivity index (χ1) is 11.7. The first-order valence-corrected chi connectivity index (χ1v) is 9.64. The summed E-state index contributed by atoms with van der Waals surface area (Å²) in [4.78, 5) is 17.3. The lowest BCUT2D eigenvalue weighted by molar-refractivity contribution is -0.120. The molecule has 2 fully saturated rings. The van der Waals surface area contributed by atoms with Crippen LogP contribution in [0.5, 0.6) is 0 Å². The molecule has 24 heavy (non-hydrogen) atoms. The molecule has 2 aliphatic rings. The first-order valence-electron chi connectivity index (χ1n) is 9.64. The molecule has 2 aliphatic heterocycles. The summed E-state index contributed by atoms with van der Waals surface area (Å²) in [5.74, 6) is 0.114. The predicted octanol–water partition coefficient (Wildman–Crippen LogP) is 3.88. The van der Waals surface area contributed by atoms with Crippen molar-refractivity contribution < 1.29 is 4.79 Å². The lowest BCUT2D eigenvalue weighted by atomic mass is 10.1. The number of amides is 1. The zero-order valence-corrected chi connectivity index (χ0v) is 15.0. The predicted molar refractivity (Wildman–Crippen MR) is 101 cm³/mol. The Labute approximate surface area is 146 Å². The molecule has 4 nitrogen and oxygen atoms in total. The summed E-state index contributed by atoms with van der Waals surface area (Å²) in [5, 5.41) is 3.09. The van der Waals surface area contributed by atoms with Crippen molar-refractivity contribution in [1.82, 2.24) is 4.90 Å². The van der Waals surface area contributed by atoms with Crippen LogP contribution in [-0.2, 0) is 4.79 Å². The van der Waals surface area contributed by atoms with Crippen molar-refractivity contribution in [2.45, 2.75) is 57.9 Å². The number of piperidine rings is 1. The van der Waals surface area contributed by atoms with Crippen molar-refractivity contribution in [2.75, 3.05) is 36.4 Å². The van der Waals surface area contributed by atoms with Crippen LogP contribution < -0.4 is 10.2 Å². The molecular weight excluding hydrogens is 298 g/mol. The van der Waals surface area contributed by atoms with Crippen LogP contribution >= 0.6 is 0 Å². The van der Waals surface area contributed by atoms with E-state index in [2.05, 4.69) is 27.2 Å². The Kier molecular flexibility index (Phi) is 6.13. The highest BCUT2D eigenvalue weighted by Gasteiger charge is 2.22. The molecule has 3 rings (SSSR count). The molecule has 1 aromatic carbocycles. The number of nitrogens with zero attached hydrogens (tertiary/aromatic N) is 2. The molecule has 2 heterocycles. The normalized spacial score (nSPS) is 21.1. The van der Waals surface area contributed by atoms with Gasteiger partial charge >= 0.3 is 0 Å². The van der Waals surface area contributed by atoms with Gasteiger partial charge in [0.25, 0.3) is 0 Å². The topological polar surface area (TPSA) is 35.6 Å². The van der Waals surface area contributed by atoms with Crippen LogP contribution in [0.3, 0.4) is 0 Å². The SMILES string of the molecule is CC(C(=O)Nc1ccc(N2CCCCC2)cc1)N1CCCCCC1. The maximum atomic E-state index is 12.5. The Morgan fingerprint density at radius 1 is 0.875 bits per heavy atom. The van der Waals surface area contributed by atoms with Gasteiger partial charge in [-0.1, -0.05) is 12.8 Å². The molecule has 0 radical (unpaired) electrons. The lowest BCUT2D eigenvalue weighted by Gasteiger charge is -2.29. The molecule has 0 aromatic heterocycles. The fourth-order valence-electron chi connectivity index (χ4n) is 3.80. The third kappa shape index (κ3) is 4.50. The highest BCUT2D eigenvalue weighted by molar-refractivity contribution is 5.94. The summed E-state index contributed by atoms with van der Waals surface area (Å²) in [6, 6.07) is 8.30. The second-order valence-corrected chi connectivity index (χ2v) is 7.21. The smallest absolute Gasteiger partial charge is 0.241 e. The third-order valence-electron chi connectivity index (χ3n) is 5.42. The molecule has 1 aromatic rings. The number of hydrogen-bond donors (Lipinski definition) is 1. The summed E-state index contributed by atoms with van der Waals surface area (Å²) >= 11 is 0. The molecule has 132 valence electrons. The van der Waals surface area contributed by atoms with E-state index in [0.29, 0.717) is 0 Å². The Morgan fingerprint density at radius 3 is 2.04 bits per heavy atom. The van der Waals surface area contributed by atoms with E-state index in [-0.39, 0.29) is 11.9 Å². The Hall–Kier alpha value is -1.55. The number of benzene rings is 1. The van der Waals surface area contributed by atoms with Gasteiger partial charge in [-0.3, -0.25) is 9.69 Å². The Bertz CT molecular complexity index is 514. The van der Waals surface area contributed by atoms with E-state index in [4.69, 9.17) is 0 Å². The number of anilines is 2. The van der Waals surface area contributed by atoms with Crippen LogP contribution in [0.1, 0.15) is 51.9 Å². The number of carbonyl (C=O) groups excluding carboxylic acids is 1. The summed E-state index contributed by atoms with van der Waals surface area (Å²) < 4.78 is 0. The van der Waals surface area contributed by atoms with Crippen molar-refractivity contribution in [1.29, 1.82) is 0 Å². The van der Waals surface area contributed by atoms with Crippen LogP contribution in [0.15, 0.2) is 24.3 Å². The second kappa shape index (κ2) is 8.52. The molecule has 0 aliphatic carbocycles. The molecule has 0 saturated carbocycles. The zero-order valence-electron chi connectivity index (χ0n) is 15.0. The minimum absolute atomic E-state index is 0.0510. The molecule has 1 N–H and O–H groups in total. The fourth-order valence-corrected chi connectivity index (χ4v) is 3.80. The number of likely N-dealkylation sites (tertiary alicyclic amines) is 1. The molecule has 4 heteroatoms. The summed E-state index contributed by atoms with van der Waals surface area (Å²) in [5.41, 5.74) is 2.18. The third-order valence-corrected chi connectivity index (χ3v) is 5.42. The Balaban J connectivity index is 1.55. The van der Waals surface area contributed by atoms with E-state index in [1.54, 1.807) is 0 Å². The van der Waals surface area contributed by atoms with Gasteiger partial charge in [-0.25, -0.2) is 0 Å². The molecule has 2 saturated heterocycles. The van der Waals surface area contributed by atoms with Gasteiger partial charge in [0.05, 0.1) is 6.04 Å². The van der Waals surface area contributed by atoms with Crippen molar-refractivity contribution in [3.63, 3.8) is 0 Å². The molecule has 1 amide bonds. The van der Waals surface area contributed by atoms with Crippen LogP contribution in [-0.4, -0.2) is 43.0 Å². The molecule has 0 spiro atoms. The van der Waals surface area contributed by atoms with Gasteiger partial charge < -0.3 is 10.2 Å². The maximum absolute atomic E-state index is 12.5. The van der Waals surface area contributed by atoms with Gasteiger partial charge in [-0.15, -0.1) is 0 Å². The van der Waals surface area contributed by atoms with Crippen LogP contribution in [0.25, 0.3) is 0 Å². The molecule has 1 atom stereocenters. The molecule has 0 bridgehead atoms. The Morgan fingerprint density at radius 2 is 1.42 bits per heavy atom. The lowest BCUT2D eigenvalue weighted by Crippen LogP contribution is -2.42. The molecule has 1 unspecified atom stereocenters. The monoisotopic (exact) mass is 329 g/mol. The number of hydrogen-bond acceptors (Lipinski definition) is 3. The number of rotatable bonds is 4. The van der Waals surface area contributed by atoms with E-state index in [0.717, 1.165) is 31.9 Å². The van der Waals surface area contributed by atoms with Crippen molar-refractivity contribution in [3.05, 3.63) is 24.3 Å². The van der Waals surface area contributed by atoms with E-state index < -0.39 is 0 Å². The fraction of sp³-hybridized carbons (Fsp3) is 0.650. The zero-order chi connectivity index (χ0) is 16.8. The van der Waals surface area contributed by atoms with E-state index in [1.165, 1.54) is 50.6 Å². The van der Waals surface area contributed by atoms with Gasteiger partial charge in [-0.05, 0) is 76.4 Å². The summed E-state index contributed by atoms with van der Waals surface area (Å²) in [7, 11) is 0. The summed E-state index contributed by atoms with van der Waals surface area (Å²) in [6.45, 7) is 6.42. The maximum Gasteiger partial charge on any atom is 0.241 e. The van der Waals surface area contributed by atoms with Gasteiger partial charge in [0.15, 0.2) is 0 Å². The minimum atomic E-state index is -0.0510. The number of nitrogens with one attached hydrogen (secondary N) is 1. The van der Waals surface area contributed by atoms with E-state index in [9.17, 15) is 4.79 Å². The quantitative estimate of drug-likeness (QED) is 0.910. The average molecular weight is 329 g/mol. The van der Waals surface area contributed by atoms with Gasteiger partial charge in [-0.2, -0.15) is 0 Å². The standard InChI is InChI=1S/C20H31N3O/c1-17(22-13-5-2-3-6-14-22)20(24)21-18-9-11-19(12-10-18)23-15-7-4-8-16-23/h9-12,17H,2-8,13-16H2,1H3,(H,21,24). The van der Waals surface area contributed by atoms with Crippen molar-refractivity contribution in [3.8, 4) is 0 Å². The molecular formula is C20H31N3O. The van der Waals surface area contributed by atoms with E-state index >= 15 is 0 Å². The second-order valence-electron chi connectivity index (χ2n) is 7.21. The first kappa shape index (κ1) is 17.3. The average Bonchev–Trinajstić information content (AvgIpc) is 2.92. The van der Waals surface area contributed by atoms with Crippen LogP contribution in [0.2, 0.25) is 0 Å². The van der Waals surface area contributed by atoms with Gasteiger partial charge in [0, 0.05) is 24.5 Å². The minimum Gasteiger partial charge on any atom is -0.372 e. The van der Waals surface area contributed by atoms with Crippen LogP contribution in [0.4, 0.5) is 11.4 Å². The van der Waals surface area contributed by atoms with Gasteiger partial charge in [0.2, 0.25) is 5.91 Å². The number of carbonyl (C=O) groups is 1. The summed E-state index contributed by atoms with van der Waals surface area (Å²) in [6.07, 6.45) is 8.92. The van der Waals surface area contributed by atoms with Gasteiger partial charge in [0.1, 0.15) is 0 Å². The highest BCUT2D eigenvalue weighted by atomic mass is 16.2.